The third-order valence-electron chi connectivity index (χ3n) is 7.99. The first kappa shape index (κ1) is 29.9. The largest absolute Gasteiger partial charge is 0.467 e. The van der Waals surface area contributed by atoms with Crippen LogP contribution >= 0.6 is 0 Å². The first-order valence-corrected chi connectivity index (χ1v) is 14.5. The Morgan fingerprint density at radius 1 is 1.11 bits per heavy atom. The van der Waals surface area contributed by atoms with Gasteiger partial charge in [-0.2, -0.15) is 0 Å². The molecule has 0 bridgehead atoms. The van der Waals surface area contributed by atoms with Gasteiger partial charge in [-0.25, -0.2) is 22.7 Å². The number of fused-ring (bicyclic) bond motifs is 1. The summed E-state index contributed by atoms with van der Waals surface area (Å²) in [5.74, 6) is -0.653. The van der Waals surface area contributed by atoms with Gasteiger partial charge in [0.2, 0.25) is 15.9 Å². The van der Waals surface area contributed by atoms with Crippen LogP contribution in [0.3, 0.4) is 0 Å². The van der Waals surface area contributed by atoms with Gasteiger partial charge < -0.3 is 20.3 Å². The topological polar surface area (TPSA) is 134 Å². The highest BCUT2D eigenvalue weighted by Crippen LogP contribution is 2.65. The molecule has 212 valence electrons. The number of likely N-dealkylation sites (tertiary alicyclic amines) is 1. The highest BCUT2D eigenvalue weighted by Gasteiger charge is 2.70. The number of nitrogens with zero attached hydrogens (tertiary/aromatic N) is 1. The van der Waals surface area contributed by atoms with Gasteiger partial charge >= 0.3 is 12.0 Å². The summed E-state index contributed by atoms with van der Waals surface area (Å²) in [6, 6.07) is 5.28. The fourth-order valence-corrected chi connectivity index (χ4v) is 6.48. The van der Waals surface area contributed by atoms with Crippen LogP contribution in [0.15, 0.2) is 35.2 Å². The van der Waals surface area contributed by atoms with E-state index in [2.05, 4.69) is 29.2 Å². The van der Waals surface area contributed by atoms with Crippen molar-refractivity contribution in [3.8, 4) is 0 Å². The van der Waals surface area contributed by atoms with E-state index in [9.17, 15) is 22.8 Å². The minimum atomic E-state index is -3.75. The minimum Gasteiger partial charge on any atom is -0.467 e. The Hall–Kier alpha value is -2.66. The van der Waals surface area contributed by atoms with Gasteiger partial charge in [0.05, 0.1) is 12.0 Å². The number of carbonyl (C=O) groups is 3. The lowest BCUT2D eigenvalue weighted by Gasteiger charge is -2.37. The molecule has 3 N–H and O–H groups in total. The van der Waals surface area contributed by atoms with Crippen molar-refractivity contribution in [1.29, 1.82) is 0 Å². The van der Waals surface area contributed by atoms with Gasteiger partial charge in [-0.05, 0) is 34.8 Å². The summed E-state index contributed by atoms with van der Waals surface area (Å²) >= 11 is 0. The molecule has 38 heavy (non-hydrogen) atoms. The lowest BCUT2D eigenvalue weighted by Crippen LogP contribution is -2.61. The standard InChI is InChI=1S/C27H42N4O6S/c1-16(2)19(14-28-38(35,36)17-12-10-9-11-13-17)29-25(34)30-22(26(3,4)5)23(32)31-15-18-20(27(18,6)7)21(31)24(33)37-8/h9-13,16,18-22,28H,14-15H2,1-8H3,(H2,29,30,34)/t18-,19?,20-,21-,22+/m0/s1. The van der Waals surface area contributed by atoms with E-state index in [0.29, 0.717) is 6.54 Å². The molecule has 5 atom stereocenters. The minimum absolute atomic E-state index is 0.0224. The monoisotopic (exact) mass is 550 g/mol. The highest BCUT2D eigenvalue weighted by atomic mass is 32.2. The zero-order valence-corrected chi connectivity index (χ0v) is 24.4. The van der Waals surface area contributed by atoms with Gasteiger partial charge in [-0.3, -0.25) is 4.79 Å². The molecule has 0 aromatic heterocycles. The first-order chi connectivity index (χ1) is 17.5. The molecular weight excluding hydrogens is 508 g/mol. The number of methoxy groups -OCH3 is 1. The molecule has 1 aromatic carbocycles. The van der Waals surface area contributed by atoms with Crippen molar-refractivity contribution >= 4 is 27.9 Å². The van der Waals surface area contributed by atoms with Crippen LogP contribution in [-0.4, -0.2) is 69.6 Å². The average Bonchev–Trinajstić information content (AvgIpc) is 3.17. The Labute approximate surface area is 226 Å². The third kappa shape index (κ3) is 6.14. The van der Waals surface area contributed by atoms with E-state index >= 15 is 0 Å². The molecule has 1 aromatic rings. The van der Waals surface area contributed by atoms with Crippen LogP contribution in [0, 0.1) is 28.6 Å². The number of piperidine rings is 1. The molecule has 2 fully saturated rings. The number of amides is 3. The molecule has 1 heterocycles. The van der Waals surface area contributed by atoms with Crippen LogP contribution < -0.4 is 15.4 Å². The lowest BCUT2D eigenvalue weighted by molar-refractivity contribution is -0.154. The molecule has 1 saturated carbocycles. The Morgan fingerprint density at radius 2 is 1.71 bits per heavy atom. The molecule has 3 rings (SSSR count). The Balaban J connectivity index is 1.70. The van der Waals surface area contributed by atoms with Crippen molar-refractivity contribution < 1.29 is 27.5 Å². The van der Waals surface area contributed by atoms with E-state index in [1.807, 2.05) is 34.6 Å². The van der Waals surface area contributed by atoms with Gasteiger partial charge in [0.1, 0.15) is 12.1 Å². The maximum atomic E-state index is 13.8. The second-order valence-electron chi connectivity index (χ2n) is 12.3. The number of hydrogen-bond acceptors (Lipinski definition) is 6. The molecule has 3 amide bonds. The van der Waals surface area contributed by atoms with Crippen LogP contribution in [0.25, 0.3) is 0 Å². The van der Waals surface area contributed by atoms with Crippen molar-refractivity contribution in [2.24, 2.45) is 28.6 Å². The first-order valence-electron chi connectivity index (χ1n) is 13.0. The molecule has 1 aliphatic heterocycles. The third-order valence-corrected chi connectivity index (χ3v) is 9.43. The number of hydrogen-bond donors (Lipinski definition) is 3. The number of nitrogens with one attached hydrogen (secondary N) is 3. The smallest absolute Gasteiger partial charge is 0.328 e. The second-order valence-corrected chi connectivity index (χ2v) is 14.1. The molecule has 1 aliphatic carbocycles. The summed E-state index contributed by atoms with van der Waals surface area (Å²) in [6.45, 7) is 13.9. The fraction of sp³-hybridized carbons (Fsp3) is 0.667. The molecule has 1 unspecified atom stereocenters. The van der Waals surface area contributed by atoms with Crippen molar-refractivity contribution in [3.63, 3.8) is 0 Å². The Kier molecular flexibility index (Phi) is 8.53. The summed E-state index contributed by atoms with van der Waals surface area (Å²) < 4.78 is 32.9. The number of ether oxygens (including phenoxy) is 1. The number of esters is 1. The predicted octanol–water partition coefficient (Wildman–Crippen LogP) is 2.36. The van der Waals surface area contributed by atoms with Crippen LogP contribution in [0.4, 0.5) is 4.79 Å². The van der Waals surface area contributed by atoms with Crippen molar-refractivity contribution in [2.45, 2.75) is 71.5 Å². The maximum Gasteiger partial charge on any atom is 0.328 e. The quantitative estimate of drug-likeness (QED) is 0.404. The number of rotatable bonds is 9. The molecular formula is C27H42N4O6S. The second kappa shape index (κ2) is 10.8. The van der Waals surface area contributed by atoms with Gasteiger partial charge in [0.15, 0.2) is 0 Å². The summed E-state index contributed by atoms with van der Waals surface area (Å²) in [4.78, 5) is 41.2. The summed E-state index contributed by atoms with van der Waals surface area (Å²) in [5, 5.41) is 5.63. The van der Waals surface area contributed by atoms with E-state index < -0.39 is 45.6 Å². The number of carbonyl (C=O) groups excluding carboxylic acids is 3. The summed E-state index contributed by atoms with van der Waals surface area (Å²) in [7, 11) is -2.43. The zero-order valence-electron chi connectivity index (χ0n) is 23.6. The normalized spacial score (nSPS) is 23.8. The molecule has 11 heteroatoms. The van der Waals surface area contributed by atoms with Gasteiger partial charge in [0, 0.05) is 25.0 Å². The SMILES string of the molecule is COC(=O)[C@@H]1[C@@H]2[C@H](CN1C(=O)[C@@H](NC(=O)NC(CNS(=O)(=O)c1ccccc1)C(C)C)C(C)(C)C)C2(C)C. The highest BCUT2D eigenvalue weighted by molar-refractivity contribution is 7.89. The van der Waals surface area contributed by atoms with Gasteiger partial charge in [-0.1, -0.05) is 66.7 Å². The molecule has 1 saturated heterocycles. The van der Waals surface area contributed by atoms with Crippen LogP contribution in [0.1, 0.15) is 48.5 Å². The average molecular weight is 551 g/mol. The van der Waals surface area contributed by atoms with E-state index in [0.717, 1.165) is 0 Å². The summed E-state index contributed by atoms with van der Waals surface area (Å²) in [5.41, 5.74) is -0.700. The van der Waals surface area contributed by atoms with Crippen LogP contribution in [0.5, 0.6) is 0 Å². The van der Waals surface area contributed by atoms with Crippen molar-refractivity contribution in [2.75, 3.05) is 20.2 Å². The Morgan fingerprint density at radius 3 is 2.24 bits per heavy atom. The maximum absolute atomic E-state index is 13.8. The van der Waals surface area contributed by atoms with E-state index in [4.69, 9.17) is 4.74 Å². The van der Waals surface area contributed by atoms with Crippen LogP contribution in [-0.2, 0) is 24.3 Å². The van der Waals surface area contributed by atoms with E-state index in [1.165, 1.54) is 19.2 Å². The van der Waals surface area contributed by atoms with Gasteiger partial charge in [0.25, 0.3) is 0 Å². The summed E-state index contributed by atoms with van der Waals surface area (Å²) in [6.07, 6.45) is 0. The predicted molar refractivity (Wildman–Crippen MR) is 143 cm³/mol. The zero-order chi connectivity index (χ0) is 28.6. The number of urea groups is 1. The van der Waals surface area contributed by atoms with Crippen molar-refractivity contribution in [1.82, 2.24) is 20.3 Å². The van der Waals surface area contributed by atoms with Crippen molar-refractivity contribution in [3.05, 3.63) is 30.3 Å². The number of benzene rings is 1. The van der Waals surface area contributed by atoms with Gasteiger partial charge in [-0.15, -0.1) is 0 Å². The van der Waals surface area contributed by atoms with Crippen LogP contribution in [0.2, 0.25) is 0 Å². The number of sulfonamides is 1. The van der Waals surface area contributed by atoms with E-state index in [1.54, 1.807) is 23.1 Å². The molecule has 10 nitrogen and oxygen atoms in total. The molecule has 2 aliphatic rings. The molecule has 0 spiro atoms. The fourth-order valence-electron chi connectivity index (χ4n) is 5.39. The Bertz CT molecular complexity index is 1150. The van der Waals surface area contributed by atoms with E-state index in [-0.39, 0.29) is 40.5 Å². The molecule has 0 radical (unpaired) electrons. The lowest BCUT2D eigenvalue weighted by atomic mass is 9.85.